The van der Waals surface area contributed by atoms with E-state index in [0.29, 0.717) is 6.42 Å². The van der Waals surface area contributed by atoms with Gasteiger partial charge in [-0.1, -0.05) is 48.5 Å². The maximum absolute atomic E-state index is 13.7. The van der Waals surface area contributed by atoms with Gasteiger partial charge >= 0.3 is 6.18 Å². The van der Waals surface area contributed by atoms with Gasteiger partial charge in [-0.25, -0.2) is 0 Å². The molecule has 1 aliphatic heterocycles. The van der Waals surface area contributed by atoms with Crippen LogP contribution < -0.4 is 5.73 Å². The largest absolute Gasteiger partial charge is 0.444 e. The van der Waals surface area contributed by atoms with Crippen LogP contribution in [0.2, 0.25) is 0 Å². The predicted molar refractivity (Wildman–Crippen MR) is 103 cm³/mol. The Labute approximate surface area is 171 Å². The van der Waals surface area contributed by atoms with Gasteiger partial charge < -0.3 is 10.5 Å². The zero-order valence-electron chi connectivity index (χ0n) is 15.7. The summed E-state index contributed by atoms with van der Waals surface area (Å²) in [5, 5.41) is 9.61. The maximum Gasteiger partial charge on any atom is 0.416 e. The van der Waals surface area contributed by atoms with E-state index >= 15 is 0 Å². The third kappa shape index (κ3) is 3.35. The van der Waals surface area contributed by atoms with Gasteiger partial charge in [0.15, 0.2) is 5.78 Å². The number of carbonyl (C=O) groups is 1. The molecule has 152 valence electrons. The standard InChI is InChI=1S/C23H17F3N2O2/c24-23(25,26)17-9-5-4-8-15(17)20-16(12-27)22(28)30-19-11-14(10-18(29)21(19)20)13-6-2-1-3-7-13/h1-9,14,20H,10-11,28H2/t14-,20-/m0/s1. The minimum atomic E-state index is -4.64. The second kappa shape index (κ2) is 7.38. The summed E-state index contributed by atoms with van der Waals surface area (Å²) in [7, 11) is 0. The zero-order chi connectivity index (χ0) is 21.5. The predicted octanol–water partition coefficient (Wildman–Crippen LogP) is 4.91. The summed E-state index contributed by atoms with van der Waals surface area (Å²) in [4.78, 5) is 13.1. The lowest BCUT2D eigenvalue weighted by molar-refractivity contribution is -0.138. The summed E-state index contributed by atoms with van der Waals surface area (Å²) in [5.41, 5.74) is 5.68. The lowest BCUT2D eigenvalue weighted by atomic mass is 9.73. The molecule has 0 amide bonds. The van der Waals surface area contributed by atoms with Crippen LogP contribution in [0.1, 0.15) is 41.4 Å². The highest BCUT2D eigenvalue weighted by Crippen LogP contribution is 2.49. The number of allylic oxidation sites excluding steroid dienone is 3. The van der Waals surface area contributed by atoms with Crippen molar-refractivity contribution in [3.63, 3.8) is 0 Å². The van der Waals surface area contributed by atoms with Gasteiger partial charge in [-0.05, 0) is 23.1 Å². The molecule has 0 saturated carbocycles. The van der Waals surface area contributed by atoms with Crippen LogP contribution in [0, 0.1) is 11.3 Å². The fraction of sp³-hybridized carbons (Fsp3) is 0.217. The lowest BCUT2D eigenvalue weighted by Crippen LogP contribution is -2.30. The second-order valence-corrected chi connectivity index (χ2v) is 7.29. The molecule has 1 heterocycles. The number of benzene rings is 2. The number of hydrogen-bond donors (Lipinski definition) is 1. The highest BCUT2D eigenvalue weighted by atomic mass is 19.4. The van der Waals surface area contributed by atoms with Crippen molar-refractivity contribution < 1.29 is 22.7 Å². The molecule has 2 N–H and O–H groups in total. The number of carbonyl (C=O) groups excluding carboxylic acids is 1. The first-order chi connectivity index (χ1) is 14.3. The summed E-state index contributed by atoms with van der Waals surface area (Å²) in [5.74, 6) is -1.75. The first-order valence-corrected chi connectivity index (χ1v) is 9.36. The van der Waals surface area contributed by atoms with Crippen molar-refractivity contribution in [1.29, 1.82) is 5.26 Å². The Morgan fingerprint density at radius 1 is 1.03 bits per heavy atom. The fourth-order valence-corrected chi connectivity index (χ4v) is 4.19. The molecule has 0 unspecified atom stereocenters. The van der Waals surface area contributed by atoms with E-state index in [2.05, 4.69) is 0 Å². The molecule has 0 bridgehead atoms. The summed E-state index contributed by atoms with van der Waals surface area (Å²) < 4.78 is 46.6. The van der Waals surface area contributed by atoms with Gasteiger partial charge in [0.05, 0.1) is 11.5 Å². The molecule has 2 aromatic rings. The highest BCUT2D eigenvalue weighted by Gasteiger charge is 2.44. The Bertz CT molecular complexity index is 1110. The maximum atomic E-state index is 13.7. The number of ketones is 1. The summed E-state index contributed by atoms with van der Waals surface area (Å²) in [6.45, 7) is 0. The van der Waals surface area contributed by atoms with Crippen molar-refractivity contribution >= 4 is 5.78 Å². The Kier molecular flexibility index (Phi) is 4.86. The molecular formula is C23H17F3N2O2. The Balaban J connectivity index is 1.86. The molecule has 0 fully saturated rings. The van der Waals surface area contributed by atoms with E-state index in [4.69, 9.17) is 10.5 Å². The van der Waals surface area contributed by atoms with E-state index in [0.717, 1.165) is 11.6 Å². The number of halogens is 3. The lowest BCUT2D eigenvalue weighted by Gasteiger charge is -2.34. The molecule has 0 radical (unpaired) electrons. The molecule has 0 spiro atoms. The molecule has 0 saturated heterocycles. The minimum absolute atomic E-state index is 0.0876. The Hall–Kier alpha value is -3.53. The topological polar surface area (TPSA) is 76.1 Å². The molecule has 4 nitrogen and oxygen atoms in total. The van der Waals surface area contributed by atoms with Crippen molar-refractivity contribution in [2.24, 2.45) is 5.73 Å². The highest BCUT2D eigenvalue weighted by molar-refractivity contribution is 6.00. The average Bonchev–Trinajstić information content (AvgIpc) is 2.72. The molecule has 7 heteroatoms. The van der Waals surface area contributed by atoms with E-state index in [1.165, 1.54) is 18.2 Å². The molecule has 2 atom stereocenters. The van der Waals surface area contributed by atoms with Gasteiger partial charge in [0.1, 0.15) is 17.4 Å². The van der Waals surface area contributed by atoms with Crippen molar-refractivity contribution in [2.45, 2.75) is 30.9 Å². The van der Waals surface area contributed by atoms with Gasteiger partial charge in [0.2, 0.25) is 5.88 Å². The van der Waals surface area contributed by atoms with Gasteiger partial charge in [-0.15, -0.1) is 0 Å². The first-order valence-electron chi connectivity index (χ1n) is 9.36. The molecule has 1 aliphatic carbocycles. The van der Waals surface area contributed by atoms with Crippen molar-refractivity contribution in [3.05, 3.63) is 94.1 Å². The van der Waals surface area contributed by atoms with Gasteiger partial charge in [-0.2, -0.15) is 18.4 Å². The Morgan fingerprint density at radius 3 is 2.37 bits per heavy atom. The van der Waals surface area contributed by atoms with Crippen LogP contribution in [0.4, 0.5) is 13.2 Å². The molecule has 30 heavy (non-hydrogen) atoms. The second-order valence-electron chi connectivity index (χ2n) is 7.29. The van der Waals surface area contributed by atoms with Crippen molar-refractivity contribution in [3.8, 4) is 6.07 Å². The molecule has 2 aliphatic rings. The quantitative estimate of drug-likeness (QED) is 0.763. The number of rotatable bonds is 2. The molecule has 0 aromatic heterocycles. The fourth-order valence-electron chi connectivity index (χ4n) is 4.19. The van der Waals surface area contributed by atoms with Gasteiger partial charge in [-0.3, -0.25) is 4.79 Å². The third-order valence-corrected chi connectivity index (χ3v) is 5.51. The number of ether oxygens (including phenoxy) is 1. The van der Waals surface area contributed by atoms with E-state index < -0.39 is 17.7 Å². The summed E-state index contributed by atoms with van der Waals surface area (Å²) in [6, 6.07) is 16.2. The van der Waals surface area contributed by atoms with E-state index in [1.54, 1.807) is 0 Å². The molecular weight excluding hydrogens is 393 g/mol. The van der Waals surface area contributed by atoms with Crippen LogP contribution in [0.3, 0.4) is 0 Å². The smallest absolute Gasteiger partial charge is 0.416 e. The SMILES string of the molecule is N#CC1=C(N)OC2=C(C(=O)C[C@H](c3ccccc3)C2)[C@H]1c1ccccc1C(F)(F)F. The number of hydrogen-bond acceptors (Lipinski definition) is 4. The van der Waals surface area contributed by atoms with E-state index in [9.17, 15) is 23.2 Å². The van der Waals surface area contributed by atoms with Crippen LogP contribution in [-0.2, 0) is 15.7 Å². The normalized spacial score (nSPS) is 21.7. The average molecular weight is 410 g/mol. The number of Topliss-reactive ketones (excluding diaryl/α,β-unsaturated/α-hetero) is 1. The zero-order valence-corrected chi connectivity index (χ0v) is 15.7. The van der Waals surface area contributed by atoms with Gasteiger partial charge in [0, 0.05) is 18.4 Å². The number of nitriles is 1. The number of alkyl halides is 3. The van der Waals surface area contributed by atoms with Crippen molar-refractivity contribution in [1.82, 2.24) is 0 Å². The molecule has 4 rings (SSSR count). The van der Waals surface area contributed by atoms with E-state index in [1.807, 2.05) is 36.4 Å². The third-order valence-electron chi connectivity index (χ3n) is 5.51. The monoisotopic (exact) mass is 410 g/mol. The van der Waals surface area contributed by atoms with Crippen LogP contribution in [-0.4, -0.2) is 5.78 Å². The van der Waals surface area contributed by atoms with Crippen LogP contribution in [0.5, 0.6) is 0 Å². The van der Waals surface area contributed by atoms with Crippen LogP contribution in [0.25, 0.3) is 0 Å². The number of nitrogens with zero attached hydrogens (tertiary/aromatic N) is 1. The number of nitrogens with two attached hydrogens (primary N) is 1. The van der Waals surface area contributed by atoms with Gasteiger partial charge in [0.25, 0.3) is 0 Å². The Morgan fingerprint density at radius 2 is 1.70 bits per heavy atom. The minimum Gasteiger partial charge on any atom is -0.444 e. The van der Waals surface area contributed by atoms with E-state index in [-0.39, 0.29) is 46.5 Å². The first kappa shape index (κ1) is 19.8. The van der Waals surface area contributed by atoms with Crippen LogP contribution in [0.15, 0.2) is 77.4 Å². The molecule has 2 aromatic carbocycles. The van der Waals surface area contributed by atoms with Crippen molar-refractivity contribution in [2.75, 3.05) is 0 Å². The van der Waals surface area contributed by atoms with Crippen LogP contribution >= 0.6 is 0 Å². The summed E-state index contributed by atoms with van der Waals surface area (Å²) >= 11 is 0. The summed E-state index contributed by atoms with van der Waals surface area (Å²) in [6.07, 6.45) is -4.21.